The van der Waals surface area contributed by atoms with E-state index in [1.807, 2.05) is 57.8 Å². The van der Waals surface area contributed by atoms with Gasteiger partial charge in [-0.05, 0) is 23.9 Å². The van der Waals surface area contributed by atoms with Crippen molar-refractivity contribution in [3.05, 3.63) is 70.2 Å². The molecule has 0 aliphatic carbocycles. The highest BCUT2D eigenvalue weighted by Gasteiger charge is 2.15. The minimum atomic E-state index is -0.0862. The third kappa shape index (κ3) is 2.86. The van der Waals surface area contributed by atoms with Crippen LogP contribution in [0.15, 0.2) is 53.4 Å². The van der Waals surface area contributed by atoms with Crippen LogP contribution in [0.3, 0.4) is 0 Å². The Morgan fingerprint density at radius 2 is 2.04 bits per heavy atom. The fraction of sp³-hybridized carbons (Fsp3) is 0.111. The Hall–Kier alpha value is -2.44. The van der Waals surface area contributed by atoms with E-state index in [-0.39, 0.29) is 5.91 Å². The van der Waals surface area contributed by atoms with Gasteiger partial charge in [0.25, 0.3) is 5.91 Å². The zero-order valence-corrected chi connectivity index (χ0v) is 14.7. The molecule has 0 aliphatic heterocycles. The predicted molar refractivity (Wildman–Crippen MR) is 98.7 cm³/mol. The zero-order chi connectivity index (χ0) is 16.5. The maximum atomic E-state index is 12.5. The van der Waals surface area contributed by atoms with Crippen molar-refractivity contribution in [2.24, 2.45) is 0 Å². The van der Waals surface area contributed by atoms with Gasteiger partial charge in [-0.15, -0.1) is 22.7 Å². The fourth-order valence-electron chi connectivity index (χ4n) is 2.47. The largest absolute Gasteiger partial charge is 0.347 e. The molecule has 0 aliphatic rings. The second-order valence-electron chi connectivity index (χ2n) is 5.55. The van der Waals surface area contributed by atoms with E-state index in [0.29, 0.717) is 12.2 Å². The van der Waals surface area contributed by atoms with Crippen molar-refractivity contribution in [2.75, 3.05) is 0 Å². The number of carbonyl (C=O) groups excluding carboxylic acids is 1. The monoisotopic (exact) mass is 353 g/mol. The van der Waals surface area contributed by atoms with Crippen molar-refractivity contribution in [1.82, 2.24) is 14.7 Å². The third-order valence-electron chi connectivity index (χ3n) is 3.79. The van der Waals surface area contributed by atoms with Crippen LogP contribution in [-0.4, -0.2) is 15.3 Å². The first kappa shape index (κ1) is 15.1. The molecule has 4 rings (SSSR count). The number of imidazole rings is 1. The Balaban J connectivity index is 1.54. The molecule has 3 heterocycles. The molecule has 3 aromatic heterocycles. The van der Waals surface area contributed by atoms with Gasteiger partial charge in [-0.1, -0.05) is 35.9 Å². The van der Waals surface area contributed by atoms with E-state index in [9.17, 15) is 4.79 Å². The molecular weight excluding hydrogens is 338 g/mol. The van der Waals surface area contributed by atoms with Crippen molar-refractivity contribution in [3.63, 3.8) is 0 Å². The highest BCUT2D eigenvalue weighted by atomic mass is 32.1. The molecule has 120 valence electrons. The Morgan fingerprint density at radius 1 is 1.21 bits per heavy atom. The Bertz CT molecular complexity index is 981. The SMILES string of the molecule is Cc1ccc(CNC(=O)c2csc3nc(-c4cccs4)cn23)cc1. The summed E-state index contributed by atoms with van der Waals surface area (Å²) in [5.41, 5.74) is 3.83. The quantitative estimate of drug-likeness (QED) is 0.592. The van der Waals surface area contributed by atoms with Crippen molar-refractivity contribution in [1.29, 1.82) is 0 Å². The van der Waals surface area contributed by atoms with E-state index in [1.54, 1.807) is 11.3 Å². The molecule has 6 heteroatoms. The van der Waals surface area contributed by atoms with Crippen LogP contribution in [0.5, 0.6) is 0 Å². The summed E-state index contributed by atoms with van der Waals surface area (Å²) in [5.74, 6) is -0.0862. The molecule has 0 spiro atoms. The van der Waals surface area contributed by atoms with Crippen LogP contribution in [0.1, 0.15) is 21.6 Å². The number of nitrogens with one attached hydrogen (secondary N) is 1. The van der Waals surface area contributed by atoms with Gasteiger partial charge in [0, 0.05) is 18.1 Å². The molecule has 0 saturated carbocycles. The van der Waals surface area contributed by atoms with Crippen LogP contribution in [0.25, 0.3) is 15.5 Å². The van der Waals surface area contributed by atoms with Crippen LogP contribution >= 0.6 is 22.7 Å². The molecule has 1 aromatic carbocycles. The maximum absolute atomic E-state index is 12.5. The number of hydrogen-bond acceptors (Lipinski definition) is 4. The summed E-state index contributed by atoms with van der Waals surface area (Å²) in [6, 6.07) is 12.2. The number of aromatic nitrogens is 2. The number of thiophene rings is 1. The van der Waals surface area contributed by atoms with Gasteiger partial charge >= 0.3 is 0 Å². The lowest BCUT2D eigenvalue weighted by Gasteiger charge is -2.05. The van der Waals surface area contributed by atoms with Crippen molar-refractivity contribution in [3.8, 4) is 10.6 Å². The van der Waals surface area contributed by atoms with Crippen LogP contribution in [0, 0.1) is 6.92 Å². The second kappa shape index (κ2) is 6.22. The molecule has 0 saturated heterocycles. The maximum Gasteiger partial charge on any atom is 0.269 e. The predicted octanol–water partition coefficient (Wildman–Crippen LogP) is 4.36. The van der Waals surface area contributed by atoms with Crippen LogP contribution in [0.4, 0.5) is 0 Å². The first-order valence-corrected chi connectivity index (χ1v) is 9.31. The van der Waals surface area contributed by atoms with Gasteiger partial charge in [0.05, 0.1) is 4.88 Å². The first-order valence-electron chi connectivity index (χ1n) is 7.55. The van der Waals surface area contributed by atoms with E-state index < -0.39 is 0 Å². The molecule has 0 radical (unpaired) electrons. The smallest absolute Gasteiger partial charge is 0.269 e. The number of aryl methyl sites for hydroxylation is 1. The van der Waals surface area contributed by atoms with E-state index >= 15 is 0 Å². The lowest BCUT2D eigenvalue weighted by atomic mass is 10.1. The number of nitrogens with zero attached hydrogens (tertiary/aromatic N) is 2. The average Bonchev–Trinajstić information content (AvgIpc) is 3.29. The number of carbonyl (C=O) groups is 1. The van der Waals surface area contributed by atoms with Gasteiger partial charge in [0.2, 0.25) is 0 Å². The molecule has 1 N–H and O–H groups in total. The number of rotatable bonds is 4. The van der Waals surface area contributed by atoms with Gasteiger partial charge in [-0.2, -0.15) is 0 Å². The Labute approximate surface area is 147 Å². The molecule has 0 unspecified atom stereocenters. The number of hydrogen-bond donors (Lipinski definition) is 1. The molecule has 0 fully saturated rings. The Kier molecular flexibility index (Phi) is 3.92. The summed E-state index contributed by atoms with van der Waals surface area (Å²) in [4.78, 5) is 19.0. The van der Waals surface area contributed by atoms with Gasteiger partial charge in [-0.3, -0.25) is 9.20 Å². The zero-order valence-electron chi connectivity index (χ0n) is 13.0. The number of amides is 1. The van der Waals surface area contributed by atoms with Crippen molar-refractivity contribution < 1.29 is 4.79 Å². The minimum absolute atomic E-state index is 0.0862. The Morgan fingerprint density at radius 3 is 2.79 bits per heavy atom. The van der Waals surface area contributed by atoms with Gasteiger partial charge < -0.3 is 5.32 Å². The van der Waals surface area contributed by atoms with Gasteiger partial charge in [-0.25, -0.2) is 4.98 Å². The fourth-order valence-corrected chi connectivity index (χ4v) is 4.00. The average molecular weight is 353 g/mol. The van der Waals surface area contributed by atoms with E-state index in [4.69, 9.17) is 0 Å². The van der Waals surface area contributed by atoms with E-state index in [0.717, 1.165) is 21.1 Å². The van der Waals surface area contributed by atoms with Crippen LogP contribution in [-0.2, 0) is 6.54 Å². The van der Waals surface area contributed by atoms with E-state index in [2.05, 4.69) is 17.2 Å². The van der Waals surface area contributed by atoms with Crippen LogP contribution < -0.4 is 5.32 Å². The molecule has 1 amide bonds. The number of benzene rings is 1. The van der Waals surface area contributed by atoms with E-state index in [1.165, 1.54) is 16.9 Å². The highest BCUT2D eigenvalue weighted by Crippen LogP contribution is 2.26. The number of thiazole rings is 1. The van der Waals surface area contributed by atoms with Gasteiger partial charge in [0.1, 0.15) is 11.4 Å². The summed E-state index contributed by atoms with van der Waals surface area (Å²) in [7, 11) is 0. The lowest BCUT2D eigenvalue weighted by Crippen LogP contribution is -2.23. The van der Waals surface area contributed by atoms with Crippen LogP contribution in [0.2, 0.25) is 0 Å². The lowest BCUT2D eigenvalue weighted by molar-refractivity contribution is 0.0945. The standard InChI is InChI=1S/C18H15N3OS2/c1-12-4-6-13(7-5-12)9-19-17(22)15-11-24-18-20-14(10-21(15)18)16-3-2-8-23-16/h2-8,10-11H,9H2,1H3,(H,19,22). The normalized spacial score (nSPS) is 11.0. The highest BCUT2D eigenvalue weighted by molar-refractivity contribution is 7.15. The molecule has 24 heavy (non-hydrogen) atoms. The summed E-state index contributed by atoms with van der Waals surface area (Å²) < 4.78 is 1.87. The van der Waals surface area contributed by atoms with Gasteiger partial charge in [0.15, 0.2) is 4.96 Å². The topological polar surface area (TPSA) is 46.4 Å². The van der Waals surface area contributed by atoms with Crippen molar-refractivity contribution in [2.45, 2.75) is 13.5 Å². The summed E-state index contributed by atoms with van der Waals surface area (Å²) >= 11 is 3.13. The summed E-state index contributed by atoms with van der Waals surface area (Å²) in [6.07, 6.45) is 1.93. The molecular formula is C18H15N3OS2. The first-order chi connectivity index (χ1) is 11.7. The summed E-state index contributed by atoms with van der Waals surface area (Å²) in [5, 5.41) is 6.86. The molecule has 0 bridgehead atoms. The third-order valence-corrected chi connectivity index (χ3v) is 5.52. The summed E-state index contributed by atoms with van der Waals surface area (Å²) in [6.45, 7) is 2.57. The van der Waals surface area contributed by atoms with Crippen molar-refractivity contribution >= 4 is 33.5 Å². The molecule has 0 atom stereocenters. The minimum Gasteiger partial charge on any atom is -0.347 e. The second-order valence-corrected chi connectivity index (χ2v) is 7.33. The number of fused-ring (bicyclic) bond motifs is 1. The molecule has 4 nitrogen and oxygen atoms in total. The molecule has 4 aromatic rings.